The number of halogens is 1. The maximum atomic E-state index is 12.4. The molecule has 0 aliphatic heterocycles. The summed E-state index contributed by atoms with van der Waals surface area (Å²) in [6.07, 6.45) is 0.982. The molecule has 0 aromatic heterocycles. The number of ether oxygens (including phenoxy) is 1. The summed E-state index contributed by atoms with van der Waals surface area (Å²) in [7, 11) is 1.59. The predicted octanol–water partition coefficient (Wildman–Crippen LogP) is 4.20. The van der Waals surface area contributed by atoms with E-state index in [2.05, 4.69) is 17.1 Å². The van der Waals surface area contributed by atoms with Gasteiger partial charge in [-0.15, -0.1) is 0 Å². The summed E-state index contributed by atoms with van der Waals surface area (Å²) in [5.74, 6) is 0.604. The van der Waals surface area contributed by atoms with Crippen LogP contribution in [-0.4, -0.2) is 31.0 Å². The largest absolute Gasteiger partial charge is 0.495 e. The van der Waals surface area contributed by atoms with E-state index >= 15 is 0 Å². The minimum atomic E-state index is -0.0538. The lowest BCUT2D eigenvalue weighted by molar-refractivity contribution is -0.117. The van der Waals surface area contributed by atoms with Gasteiger partial charge in [-0.3, -0.25) is 9.69 Å². The molecule has 2 rings (SSSR count). The van der Waals surface area contributed by atoms with Gasteiger partial charge in [-0.05, 0) is 42.8 Å². The number of amides is 1. The van der Waals surface area contributed by atoms with Crippen molar-refractivity contribution in [1.82, 2.24) is 4.90 Å². The number of carbonyl (C=O) groups is 1. The molecule has 24 heavy (non-hydrogen) atoms. The highest BCUT2D eigenvalue weighted by Crippen LogP contribution is 2.23. The molecule has 5 heteroatoms. The number of hydrogen-bond donors (Lipinski definition) is 1. The van der Waals surface area contributed by atoms with Crippen LogP contribution in [0.2, 0.25) is 5.02 Å². The molecule has 0 heterocycles. The molecular weight excluding hydrogens is 324 g/mol. The highest BCUT2D eigenvalue weighted by molar-refractivity contribution is 6.30. The predicted molar refractivity (Wildman–Crippen MR) is 98.6 cm³/mol. The molecule has 0 unspecified atom stereocenters. The molecule has 0 fully saturated rings. The third-order valence-corrected chi connectivity index (χ3v) is 3.86. The maximum Gasteiger partial charge on any atom is 0.238 e. The Morgan fingerprint density at radius 2 is 1.88 bits per heavy atom. The van der Waals surface area contributed by atoms with Crippen molar-refractivity contribution in [2.45, 2.75) is 19.9 Å². The number of hydrogen-bond acceptors (Lipinski definition) is 3. The summed E-state index contributed by atoms with van der Waals surface area (Å²) in [6, 6.07) is 15.1. The molecule has 0 saturated heterocycles. The number of nitrogens with zero attached hydrogens (tertiary/aromatic N) is 1. The topological polar surface area (TPSA) is 41.6 Å². The molecule has 1 N–H and O–H groups in total. The van der Waals surface area contributed by atoms with Crippen LogP contribution in [0.5, 0.6) is 5.75 Å². The average molecular weight is 347 g/mol. The lowest BCUT2D eigenvalue weighted by Crippen LogP contribution is -2.33. The zero-order chi connectivity index (χ0) is 17.4. The summed E-state index contributed by atoms with van der Waals surface area (Å²) in [5, 5.41) is 3.64. The van der Waals surface area contributed by atoms with E-state index in [0.29, 0.717) is 24.5 Å². The highest BCUT2D eigenvalue weighted by Gasteiger charge is 2.12. The van der Waals surface area contributed by atoms with Crippen LogP contribution in [0.3, 0.4) is 0 Å². The molecule has 0 saturated carbocycles. The molecule has 128 valence electrons. The standard InChI is InChI=1S/C19H23ClN2O2/c1-3-12-22(13-15-8-10-16(20)11-9-15)14-19(23)21-17-6-4-5-7-18(17)24-2/h4-11H,3,12-14H2,1-2H3,(H,21,23). The lowest BCUT2D eigenvalue weighted by Gasteiger charge is -2.21. The van der Waals surface area contributed by atoms with Crippen molar-refractivity contribution >= 4 is 23.2 Å². The Kier molecular flexibility index (Phi) is 7.09. The zero-order valence-corrected chi connectivity index (χ0v) is 14.8. The van der Waals surface area contributed by atoms with Crippen LogP contribution in [0.1, 0.15) is 18.9 Å². The van der Waals surface area contributed by atoms with Crippen molar-refractivity contribution < 1.29 is 9.53 Å². The van der Waals surface area contributed by atoms with Gasteiger partial charge in [-0.2, -0.15) is 0 Å². The van der Waals surface area contributed by atoms with E-state index in [0.717, 1.165) is 23.6 Å². The minimum Gasteiger partial charge on any atom is -0.495 e. The van der Waals surface area contributed by atoms with Gasteiger partial charge in [0.15, 0.2) is 0 Å². The van der Waals surface area contributed by atoms with Crippen molar-refractivity contribution in [1.29, 1.82) is 0 Å². The van der Waals surface area contributed by atoms with E-state index in [1.54, 1.807) is 7.11 Å². The van der Waals surface area contributed by atoms with Gasteiger partial charge in [0, 0.05) is 11.6 Å². The van der Waals surface area contributed by atoms with E-state index in [1.165, 1.54) is 0 Å². The van der Waals surface area contributed by atoms with Crippen molar-refractivity contribution in [2.75, 3.05) is 25.5 Å². The third-order valence-electron chi connectivity index (χ3n) is 3.61. The first-order valence-electron chi connectivity index (χ1n) is 8.02. The SMILES string of the molecule is CCCN(CC(=O)Nc1ccccc1OC)Cc1ccc(Cl)cc1. The summed E-state index contributed by atoms with van der Waals surface area (Å²) in [6.45, 7) is 3.99. The van der Waals surface area contributed by atoms with Crippen LogP contribution in [0, 0.1) is 0 Å². The van der Waals surface area contributed by atoms with Crippen molar-refractivity contribution in [3.05, 3.63) is 59.1 Å². The maximum absolute atomic E-state index is 12.4. The smallest absolute Gasteiger partial charge is 0.238 e. The number of methoxy groups -OCH3 is 1. The number of benzene rings is 2. The van der Waals surface area contributed by atoms with Crippen molar-refractivity contribution in [2.24, 2.45) is 0 Å². The van der Waals surface area contributed by atoms with E-state index in [9.17, 15) is 4.79 Å². The first kappa shape index (κ1) is 18.3. The second kappa shape index (κ2) is 9.30. The number of nitrogens with one attached hydrogen (secondary N) is 1. The summed E-state index contributed by atoms with van der Waals surface area (Å²) in [4.78, 5) is 14.5. The van der Waals surface area contributed by atoms with Gasteiger partial charge in [0.05, 0.1) is 19.3 Å². The van der Waals surface area contributed by atoms with Crippen LogP contribution < -0.4 is 10.1 Å². The van der Waals surface area contributed by atoms with E-state index in [4.69, 9.17) is 16.3 Å². The molecule has 0 bridgehead atoms. The first-order valence-corrected chi connectivity index (χ1v) is 8.40. The summed E-state index contributed by atoms with van der Waals surface area (Å²) >= 11 is 5.92. The Balaban J connectivity index is 1.98. The highest BCUT2D eigenvalue weighted by atomic mass is 35.5. The van der Waals surface area contributed by atoms with Gasteiger partial charge >= 0.3 is 0 Å². The normalized spacial score (nSPS) is 10.7. The van der Waals surface area contributed by atoms with Crippen LogP contribution in [-0.2, 0) is 11.3 Å². The molecule has 0 atom stereocenters. The lowest BCUT2D eigenvalue weighted by atomic mass is 10.2. The molecule has 4 nitrogen and oxygen atoms in total. The Hall–Kier alpha value is -2.04. The molecule has 0 spiro atoms. The minimum absolute atomic E-state index is 0.0538. The molecule has 1 amide bonds. The van der Waals surface area contributed by atoms with Gasteiger partial charge < -0.3 is 10.1 Å². The number of carbonyl (C=O) groups excluding carboxylic acids is 1. The van der Waals surface area contributed by atoms with Crippen LogP contribution in [0.25, 0.3) is 0 Å². The number of rotatable bonds is 8. The third kappa shape index (κ3) is 5.55. The Labute approximate surface area is 148 Å². The van der Waals surface area contributed by atoms with Gasteiger partial charge in [-0.1, -0.05) is 42.8 Å². The number of para-hydroxylation sites is 2. The van der Waals surface area contributed by atoms with E-state index in [-0.39, 0.29) is 5.91 Å². The molecule has 0 radical (unpaired) electrons. The van der Waals surface area contributed by atoms with E-state index in [1.807, 2.05) is 48.5 Å². The van der Waals surface area contributed by atoms with E-state index < -0.39 is 0 Å². The monoisotopic (exact) mass is 346 g/mol. The fraction of sp³-hybridized carbons (Fsp3) is 0.316. The zero-order valence-electron chi connectivity index (χ0n) is 14.1. The average Bonchev–Trinajstić information content (AvgIpc) is 2.57. The van der Waals surface area contributed by atoms with Gasteiger partial charge in [0.1, 0.15) is 5.75 Å². The Bertz CT molecular complexity index is 659. The quantitative estimate of drug-likeness (QED) is 0.778. The molecule has 2 aromatic carbocycles. The molecule has 2 aromatic rings. The van der Waals surface area contributed by atoms with Crippen molar-refractivity contribution in [3.8, 4) is 5.75 Å². The number of anilines is 1. The van der Waals surface area contributed by atoms with Crippen LogP contribution in [0.15, 0.2) is 48.5 Å². The summed E-state index contributed by atoms with van der Waals surface area (Å²) in [5.41, 5.74) is 1.82. The van der Waals surface area contributed by atoms with Crippen LogP contribution in [0.4, 0.5) is 5.69 Å². The Morgan fingerprint density at radius 1 is 1.17 bits per heavy atom. The molecular formula is C19H23ClN2O2. The van der Waals surface area contributed by atoms with Gasteiger partial charge in [0.25, 0.3) is 0 Å². The first-order chi connectivity index (χ1) is 11.6. The van der Waals surface area contributed by atoms with Gasteiger partial charge in [0.2, 0.25) is 5.91 Å². The molecule has 0 aliphatic carbocycles. The summed E-state index contributed by atoms with van der Waals surface area (Å²) < 4.78 is 5.26. The Morgan fingerprint density at radius 3 is 2.54 bits per heavy atom. The fourth-order valence-electron chi connectivity index (χ4n) is 2.52. The fourth-order valence-corrected chi connectivity index (χ4v) is 2.64. The van der Waals surface area contributed by atoms with Gasteiger partial charge in [-0.25, -0.2) is 0 Å². The second-order valence-electron chi connectivity index (χ2n) is 5.59. The second-order valence-corrected chi connectivity index (χ2v) is 6.02. The van der Waals surface area contributed by atoms with Crippen LogP contribution >= 0.6 is 11.6 Å². The van der Waals surface area contributed by atoms with Crippen molar-refractivity contribution in [3.63, 3.8) is 0 Å². The molecule has 0 aliphatic rings.